The molecule has 0 saturated heterocycles. The average Bonchev–Trinajstić information content (AvgIpc) is 2.53. The molecule has 0 heterocycles. The van der Waals surface area contributed by atoms with Gasteiger partial charge in [0.1, 0.15) is 5.82 Å². The van der Waals surface area contributed by atoms with Crippen molar-refractivity contribution in [2.75, 3.05) is 12.4 Å². The molecule has 0 fully saturated rings. The van der Waals surface area contributed by atoms with Gasteiger partial charge in [-0.2, -0.15) is 0 Å². The Labute approximate surface area is 149 Å². The van der Waals surface area contributed by atoms with E-state index in [9.17, 15) is 18.8 Å². The fourth-order valence-corrected chi connectivity index (χ4v) is 1.88. The Balaban J connectivity index is 2.95. The number of ether oxygens (including phenoxy) is 2. The first-order valence-corrected chi connectivity index (χ1v) is 7.66. The summed E-state index contributed by atoms with van der Waals surface area (Å²) in [5.74, 6) is -2.93. The normalized spacial score (nSPS) is 12.1. The molecule has 136 valence electrons. The van der Waals surface area contributed by atoms with Gasteiger partial charge in [0, 0.05) is 6.21 Å². The smallest absolute Gasteiger partial charge is 0.345 e. The van der Waals surface area contributed by atoms with Crippen LogP contribution in [0.4, 0.5) is 14.9 Å². The summed E-state index contributed by atoms with van der Waals surface area (Å²) in [7, 11) is 1.20. The fourth-order valence-electron chi connectivity index (χ4n) is 1.65. The minimum absolute atomic E-state index is 0.0982. The summed E-state index contributed by atoms with van der Waals surface area (Å²) in [5.41, 5.74) is -0.396. The van der Waals surface area contributed by atoms with Crippen LogP contribution in [-0.4, -0.2) is 37.4 Å². The number of nitrogens with zero attached hydrogens (tertiary/aromatic N) is 1. The van der Waals surface area contributed by atoms with Crippen LogP contribution in [0.5, 0.6) is 0 Å². The molecule has 0 saturated carbocycles. The van der Waals surface area contributed by atoms with Crippen molar-refractivity contribution in [3.63, 3.8) is 0 Å². The van der Waals surface area contributed by atoms with Crippen LogP contribution in [0.3, 0.4) is 0 Å². The lowest BCUT2D eigenvalue weighted by molar-refractivity contribution is -0.142. The highest BCUT2D eigenvalue weighted by Crippen LogP contribution is 2.25. The lowest BCUT2D eigenvalue weighted by Crippen LogP contribution is -2.16. The number of methoxy groups -OCH3 is 1. The second kappa shape index (κ2) is 9.12. The number of nitrogens with one attached hydrogen (secondary N) is 1. The fraction of sp³-hybridized carbons (Fsp3) is 0.375. The summed E-state index contributed by atoms with van der Waals surface area (Å²) in [6.45, 7) is 4.77. The first-order chi connectivity index (χ1) is 11.6. The molecule has 1 atom stereocenters. The van der Waals surface area contributed by atoms with Crippen molar-refractivity contribution >= 4 is 41.5 Å². The number of esters is 2. The number of benzene rings is 1. The van der Waals surface area contributed by atoms with Crippen molar-refractivity contribution in [2.24, 2.45) is 10.9 Å². The molecule has 0 aliphatic rings. The van der Waals surface area contributed by atoms with E-state index in [1.54, 1.807) is 13.8 Å². The third kappa shape index (κ3) is 6.15. The molecular formula is C16H18ClFN2O5. The molecule has 0 radical (unpaired) electrons. The molecule has 0 bridgehead atoms. The van der Waals surface area contributed by atoms with Gasteiger partial charge in [0.25, 0.3) is 0 Å². The van der Waals surface area contributed by atoms with Crippen LogP contribution < -0.4 is 5.32 Å². The molecule has 1 unspecified atom stereocenters. The number of amides is 2. The van der Waals surface area contributed by atoms with Gasteiger partial charge >= 0.3 is 18.0 Å². The lowest BCUT2D eigenvalue weighted by Gasteiger charge is -2.11. The summed E-state index contributed by atoms with van der Waals surface area (Å²) in [4.78, 5) is 38.4. The van der Waals surface area contributed by atoms with E-state index in [1.807, 2.05) is 0 Å². The molecule has 0 aromatic heterocycles. The van der Waals surface area contributed by atoms with Gasteiger partial charge in [-0.25, -0.2) is 19.0 Å². The number of hydrogen-bond donors (Lipinski definition) is 1. The van der Waals surface area contributed by atoms with Crippen LogP contribution in [0, 0.1) is 11.7 Å². The van der Waals surface area contributed by atoms with E-state index in [4.69, 9.17) is 16.3 Å². The van der Waals surface area contributed by atoms with Gasteiger partial charge in [-0.3, -0.25) is 4.79 Å². The number of anilines is 1. The zero-order chi connectivity index (χ0) is 19.1. The number of halogens is 2. The molecule has 1 aromatic rings. The molecule has 7 nitrogen and oxygen atoms in total. The van der Waals surface area contributed by atoms with Crippen molar-refractivity contribution in [3.8, 4) is 0 Å². The molecule has 2 amide bonds. The number of rotatable bonds is 5. The zero-order valence-corrected chi connectivity index (χ0v) is 14.9. The Kier molecular flexibility index (Phi) is 7.50. The number of urea groups is 1. The summed E-state index contributed by atoms with van der Waals surface area (Å²) in [6, 6.07) is 1.01. The minimum atomic E-state index is -0.930. The average molecular weight is 373 g/mol. The summed E-state index contributed by atoms with van der Waals surface area (Å²) in [6.07, 6.45) is 0.666. The lowest BCUT2D eigenvalue weighted by atomic mass is 10.2. The van der Waals surface area contributed by atoms with E-state index in [0.29, 0.717) is 0 Å². The maximum absolute atomic E-state index is 13.9. The molecule has 25 heavy (non-hydrogen) atoms. The maximum atomic E-state index is 13.9. The van der Waals surface area contributed by atoms with Crippen LogP contribution in [0.2, 0.25) is 5.02 Å². The van der Waals surface area contributed by atoms with E-state index in [0.717, 1.165) is 18.3 Å². The van der Waals surface area contributed by atoms with Gasteiger partial charge in [-0.1, -0.05) is 11.6 Å². The van der Waals surface area contributed by atoms with Crippen molar-refractivity contribution in [2.45, 2.75) is 26.9 Å². The monoisotopic (exact) mass is 372 g/mol. The molecule has 1 N–H and O–H groups in total. The van der Waals surface area contributed by atoms with Crippen LogP contribution in [0.25, 0.3) is 0 Å². The number of aliphatic imine (C=N–C) groups is 1. The van der Waals surface area contributed by atoms with Gasteiger partial charge in [-0.05, 0) is 32.9 Å². The SMILES string of the molecule is COC(=O)C(C)C=NC(=O)Nc1cc(C(=O)OC(C)C)c(Cl)cc1F. The van der Waals surface area contributed by atoms with Crippen molar-refractivity contribution in [1.82, 2.24) is 0 Å². The highest BCUT2D eigenvalue weighted by atomic mass is 35.5. The highest BCUT2D eigenvalue weighted by molar-refractivity contribution is 6.33. The minimum Gasteiger partial charge on any atom is -0.469 e. The summed E-state index contributed by atoms with van der Waals surface area (Å²) >= 11 is 5.84. The van der Waals surface area contributed by atoms with E-state index in [2.05, 4.69) is 15.0 Å². The Morgan fingerprint density at radius 1 is 1.28 bits per heavy atom. The maximum Gasteiger partial charge on any atom is 0.345 e. The molecular weight excluding hydrogens is 355 g/mol. The van der Waals surface area contributed by atoms with E-state index in [-0.39, 0.29) is 16.3 Å². The Hall–Kier alpha value is -2.48. The van der Waals surface area contributed by atoms with Crippen LogP contribution in [0.15, 0.2) is 17.1 Å². The second-order valence-electron chi connectivity index (χ2n) is 5.29. The second-order valence-corrected chi connectivity index (χ2v) is 5.69. The largest absolute Gasteiger partial charge is 0.469 e. The topological polar surface area (TPSA) is 94.1 Å². The van der Waals surface area contributed by atoms with Gasteiger partial charge in [-0.15, -0.1) is 0 Å². The third-order valence-corrected chi connectivity index (χ3v) is 3.16. The molecule has 0 aliphatic heterocycles. The quantitative estimate of drug-likeness (QED) is 0.631. The number of hydrogen-bond acceptors (Lipinski definition) is 5. The highest BCUT2D eigenvalue weighted by Gasteiger charge is 2.18. The Morgan fingerprint density at radius 3 is 2.48 bits per heavy atom. The van der Waals surface area contributed by atoms with Crippen LogP contribution in [0.1, 0.15) is 31.1 Å². The van der Waals surface area contributed by atoms with E-state index >= 15 is 0 Å². The van der Waals surface area contributed by atoms with Gasteiger partial charge in [0.15, 0.2) is 0 Å². The standard InChI is InChI=1S/C16H18ClFN2O5/c1-8(2)25-15(22)10-5-13(12(18)6-11(10)17)20-16(23)19-7-9(3)14(21)24-4/h5-9H,1-4H3,(H,20,23). The summed E-state index contributed by atoms with van der Waals surface area (Å²) in [5, 5.41) is 2.02. The first-order valence-electron chi connectivity index (χ1n) is 7.28. The predicted octanol–water partition coefficient (Wildman–Crippen LogP) is 3.46. The van der Waals surface area contributed by atoms with E-state index < -0.39 is 35.8 Å². The predicted molar refractivity (Wildman–Crippen MR) is 90.7 cm³/mol. The van der Waals surface area contributed by atoms with Gasteiger partial charge < -0.3 is 14.8 Å². The van der Waals surface area contributed by atoms with Gasteiger partial charge in [0.05, 0.1) is 35.4 Å². The van der Waals surface area contributed by atoms with Crippen molar-refractivity contribution in [3.05, 3.63) is 28.5 Å². The van der Waals surface area contributed by atoms with Crippen molar-refractivity contribution in [1.29, 1.82) is 0 Å². The molecule has 1 aromatic carbocycles. The summed E-state index contributed by atoms with van der Waals surface area (Å²) < 4.78 is 23.4. The van der Waals surface area contributed by atoms with Gasteiger partial charge in [0.2, 0.25) is 0 Å². The Bertz CT molecular complexity index is 706. The van der Waals surface area contributed by atoms with E-state index in [1.165, 1.54) is 14.0 Å². The van der Waals surface area contributed by atoms with Crippen LogP contribution in [-0.2, 0) is 14.3 Å². The molecule has 9 heteroatoms. The Morgan fingerprint density at radius 2 is 1.92 bits per heavy atom. The number of carbonyl (C=O) groups excluding carboxylic acids is 3. The zero-order valence-electron chi connectivity index (χ0n) is 14.1. The van der Waals surface area contributed by atoms with Crippen LogP contribution >= 0.6 is 11.6 Å². The molecule has 0 spiro atoms. The first kappa shape index (κ1) is 20.6. The third-order valence-electron chi connectivity index (χ3n) is 2.85. The van der Waals surface area contributed by atoms with Crippen molar-refractivity contribution < 1.29 is 28.2 Å². The molecule has 0 aliphatic carbocycles. The number of carbonyl (C=O) groups is 3. The molecule has 1 rings (SSSR count).